The SMILES string of the molecule is COc1ccccc1CCNC(=O)c1ccc(Nc2cccc(C)c2)cn1. The van der Waals surface area contributed by atoms with Gasteiger partial charge in [0, 0.05) is 12.2 Å². The highest BCUT2D eigenvalue weighted by molar-refractivity contribution is 5.92. The number of nitrogens with one attached hydrogen (secondary N) is 2. The van der Waals surface area contributed by atoms with Crippen LogP contribution in [0.4, 0.5) is 11.4 Å². The number of nitrogens with zero attached hydrogens (tertiary/aromatic N) is 1. The predicted octanol–water partition coefficient (Wildman–Crippen LogP) is 4.11. The van der Waals surface area contributed by atoms with Crippen LogP contribution in [-0.4, -0.2) is 24.5 Å². The molecule has 0 unspecified atom stereocenters. The van der Waals surface area contributed by atoms with Crippen molar-refractivity contribution in [1.29, 1.82) is 0 Å². The van der Waals surface area contributed by atoms with E-state index in [2.05, 4.69) is 21.7 Å². The number of aryl methyl sites for hydroxylation is 1. The van der Waals surface area contributed by atoms with Gasteiger partial charge in [0.15, 0.2) is 0 Å². The van der Waals surface area contributed by atoms with Gasteiger partial charge in [0.05, 0.1) is 19.0 Å². The standard InChI is InChI=1S/C22H23N3O2/c1-16-6-5-8-18(14-16)25-19-10-11-20(24-15-19)22(26)23-13-12-17-7-3-4-9-21(17)27-2/h3-11,14-15,25H,12-13H2,1-2H3,(H,23,26). The van der Waals surface area contributed by atoms with E-state index in [1.54, 1.807) is 19.4 Å². The maximum absolute atomic E-state index is 12.3. The van der Waals surface area contributed by atoms with E-state index < -0.39 is 0 Å². The Morgan fingerprint density at radius 3 is 2.63 bits per heavy atom. The van der Waals surface area contributed by atoms with Crippen molar-refractivity contribution in [1.82, 2.24) is 10.3 Å². The molecular formula is C22H23N3O2. The third-order valence-corrected chi connectivity index (χ3v) is 4.18. The van der Waals surface area contributed by atoms with Gasteiger partial charge in [-0.2, -0.15) is 0 Å². The Hall–Kier alpha value is -3.34. The number of hydrogen-bond acceptors (Lipinski definition) is 4. The lowest BCUT2D eigenvalue weighted by molar-refractivity contribution is 0.0949. The number of rotatable bonds is 7. The molecule has 27 heavy (non-hydrogen) atoms. The minimum Gasteiger partial charge on any atom is -0.496 e. The number of para-hydroxylation sites is 1. The van der Waals surface area contributed by atoms with E-state index in [0.29, 0.717) is 18.7 Å². The fourth-order valence-electron chi connectivity index (χ4n) is 2.80. The average Bonchev–Trinajstić information content (AvgIpc) is 2.69. The van der Waals surface area contributed by atoms with Crippen molar-refractivity contribution in [3.8, 4) is 5.75 Å². The van der Waals surface area contributed by atoms with Crippen LogP contribution >= 0.6 is 0 Å². The average molecular weight is 361 g/mol. The van der Waals surface area contributed by atoms with Crippen LogP contribution in [0.15, 0.2) is 66.9 Å². The van der Waals surface area contributed by atoms with Crippen molar-refractivity contribution in [2.75, 3.05) is 19.0 Å². The normalized spacial score (nSPS) is 10.3. The number of methoxy groups -OCH3 is 1. The second-order valence-electron chi connectivity index (χ2n) is 6.24. The lowest BCUT2D eigenvalue weighted by atomic mass is 10.1. The minimum absolute atomic E-state index is 0.188. The zero-order valence-electron chi connectivity index (χ0n) is 15.5. The molecule has 0 spiro atoms. The van der Waals surface area contributed by atoms with E-state index in [4.69, 9.17) is 4.74 Å². The fourth-order valence-corrected chi connectivity index (χ4v) is 2.80. The first-order valence-corrected chi connectivity index (χ1v) is 8.85. The maximum atomic E-state index is 12.3. The molecular weight excluding hydrogens is 338 g/mol. The molecule has 5 heteroatoms. The topological polar surface area (TPSA) is 63.2 Å². The van der Waals surface area contributed by atoms with Gasteiger partial charge < -0.3 is 15.4 Å². The van der Waals surface area contributed by atoms with Gasteiger partial charge in [0.2, 0.25) is 0 Å². The number of ether oxygens (including phenoxy) is 1. The molecule has 2 N–H and O–H groups in total. The number of carbonyl (C=O) groups excluding carboxylic acids is 1. The summed E-state index contributed by atoms with van der Waals surface area (Å²) in [5, 5.41) is 6.18. The fraction of sp³-hybridized carbons (Fsp3) is 0.182. The Morgan fingerprint density at radius 2 is 1.89 bits per heavy atom. The molecule has 0 aliphatic heterocycles. The van der Waals surface area contributed by atoms with Crippen molar-refractivity contribution in [2.24, 2.45) is 0 Å². The molecule has 0 bridgehead atoms. The molecule has 0 aliphatic carbocycles. The second-order valence-corrected chi connectivity index (χ2v) is 6.24. The van der Waals surface area contributed by atoms with Gasteiger partial charge in [-0.05, 0) is 54.8 Å². The minimum atomic E-state index is -0.188. The summed E-state index contributed by atoms with van der Waals surface area (Å²) in [5.41, 5.74) is 4.46. The van der Waals surface area contributed by atoms with Crippen LogP contribution in [-0.2, 0) is 6.42 Å². The van der Waals surface area contributed by atoms with Crippen LogP contribution < -0.4 is 15.4 Å². The van der Waals surface area contributed by atoms with E-state index in [0.717, 1.165) is 22.7 Å². The molecule has 0 atom stereocenters. The predicted molar refractivity (Wildman–Crippen MR) is 108 cm³/mol. The Balaban J connectivity index is 1.54. The summed E-state index contributed by atoms with van der Waals surface area (Å²) in [6.45, 7) is 2.56. The molecule has 0 radical (unpaired) electrons. The molecule has 0 aliphatic rings. The molecule has 1 amide bonds. The molecule has 138 valence electrons. The molecule has 1 heterocycles. The zero-order chi connectivity index (χ0) is 19.1. The summed E-state index contributed by atoms with van der Waals surface area (Å²) in [4.78, 5) is 16.5. The van der Waals surface area contributed by atoms with Gasteiger partial charge in [0.1, 0.15) is 11.4 Å². The summed E-state index contributed by atoms with van der Waals surface area (Å²) in [6.07, 6.45) is 2.36. The van der Waals surface area contributed by atoms with Crippen molar-refractivity contribution in [3.63, 3.8) is 0 Å². The van der Waals surface area contributed by atoms with Gasteiger partial charge in [-0.3, -0.25) is 4.79 Å². The summed E-state index contributed by atoms with van der Waals surface area (Å²) >= 11 is 0. The molecule has 1 aromatic heterocycles. The Kier molecular flexibility index (Phi) is 6.05. The number of anilines is 2. The first-order chi connectivity index (χ1) is 13.2. The maximum Gasteiger partial charge on any atom is 0.269 e. The number of amides is 1. The smallest absolute Gasteiger partial charge is 0.269 e. The van der Waals surface area contributed by atoms with Crippen LogP contribution in [0.25, 0.3) is 0 Å². The van der Waals surface area contributed by atoms with Gasteiger partial charge in [-0.1, -0.05) is 30.3 Å². The first kappa shape index (κ1) is 18.5. The summed E-state index contributed by atoms with van der Waals surface area (Å²) in [5.74, 6) is 0.642. The quantitative estimate of drug-likeness (QED) is 0.665. The van der Waals surface area contributed by atoms with E-state index >= 15 is 0 Å². The molecule has 3 rings (SSSR count). The van der Waals surface area contributed by atoms with Gasteiger partial charge in [-0.25, -0.2) is 4.98 Å². The lowest BCUT2D eigenvalue weighted by Gasteiger charge is -2.10. The van der Waals surface area contributed by atoms with Gasteiger partial charge in [-0.15, -0.1) is 0 Å². The Bertz CT molecular complexity index is 907. The zero-order valence-corrected chi connectivity index (χ0v) is 15.5. The van der Waals surface area contributed by atoms with Crippen molar-refractivity contribution in [3.05, 3.63) is 83.7 Å². The van der Waals surface area contributed by atoms with Crippen molar-refractivity contribution in [2.45, 2.75) is 13.3 Å². The summed E-state index contributed by atoms with van der Waals surface area (Å²) in [6, 6.07) is 19.5. The number of aromatic nitrogens is 1. The van der Waals surface area contributed by atoms with E-state index in [1.807, 2.05) is 55.5 Å². The highest BCUT2D eigenvalue weighted by Crippen LogP contribution is 2.18. The molecule has 2 aromatic carbocycles. The van der Waals surface area contributed by atoms with Crippen LogP contribution in [0.1, 0.15) is 21.6 Å². The molecule has 0 saturated carbocycles. The number of hydrogen-bond donors (Lipinski definition) is 2. The van der Waals surface area contributed by atoms with Gasteiger partial charge >= 0.3 is 0 Å². The number of carbonyl (C=O) groups is 1. The van der Waals surface area contributed by atoms with E-state index in [-0.39, 0.29) is 5.91 Å². The highest BCUT2D eigenvalue weighted by atomic mass is 16.5. The van der Waals surface area contributed by atoms with Crippen LogP contribution in [0.5, 0.6) is 5.75 Å². The number of pyridine rings is 1. The van der Waals surface area contributed by atoms with E-state index in [9.17, 15) is 4.79 Å². The largest absolute Gasteiger partial charge is 0.496 e. The Labute approximate surface area is 159 Å². The van der Waals surface area contributed by atoms with Crippen molar-refractivity contribution >= 4 is 17.3 Å². The monoisotopic (exact) mass is 361 g/mol. The third-order valence-electron chi connectivity index (χ3n) is 4.18. The highest BCUT2D eigenvalue weighted by Gasteiger charge is 2.08. The van der Waals surface area contributed by atoms with Crippen molar-refractivity contribution < 1.29 is 9.53 Å². The second kappa shape index (κ2) is 8.85. The molecule has 0 fully saturated rings. The number of benzene rings is 2. The van der Waals surface area contributed by atoms with Crippen LogP contribution in [0.2, 0.25) is 0 Å². The van der Waals surface area contributed by atoms with Gasteiger partial charge in [0.25, 0.3) is 5.91 Å². The summed E-state index contributed by atoms with van der Waals surface area (Å²) in [7, 11) is 1.65. The molecule has 0 saturated heterocycles. The van der Waals surface area contributed by atoms with Crippen LogP contribution in [0.3, 0.4) is 0 Å². The molecule has 5 nitrogen and oxygen atoms in total. The van der Waals surface area contributed by atoms with Crippen LogP contribution in [0, 0.1) is 6.92 Å². The lowest BCUT2D eigenvalue weighted by Crippen LogP contribution is -2.26. The Morgan fingerprint density at radius 1 is 1.04 bits per heavy atom. The third kappa shape index (κ3) is 5.07. The summed E-state index contributed by atoms with van der Waals surface area (Å²) < 4.78 is 5.32. The first-order valence-electron chi connectivity index (χ1n) is 8.85. The van der Waals surface area contributed by atoms with E-state index in [1.165, 1.54) is 5.56 Å². The molecule has 3 aromatic rings.